The highest BCUT2D eigenvalue weighted by Crippen LogP contribution is 2.40. The quantitative estimate of drug-likeness (QED) is 0.151. The van der Waals surface area contributed by atoms with Crippen molar-refractivity contribution in [3.05, 3.63) is 224 Å². The highest BCUT2D eigenvalue weighted by atomic mass is 15.0. The van der Waals surface area contributed by atoms with Gasteiger partial charge in [-0.3, -0.25) is 0 Å². The monoisotopic (exact) mass is 803 g/mol. The fourth-order valence-electron chi connectivity index (χ4n) is 9.08. The maximum Gasteiger partial charge on any atom is 0.164 e. The van der Waals surface area contributed by atoms with Gasteiger partial charge in [-0.15, -0.1) is 0 Å². The van der Waals surface area contributed by atoms with Crippen LogP contribution in [-0.2, 0) is 0 Å². The molecule has 12 rings (SSSR count). The van der Waals surface area contributed by atoms with Gasteiger partial charge in [-0.05, 0) is 58.7 Å². The lowest BCUT2D eigenvalue weighted by molar-refractivity contribution is 1.07. The van der Waals surface area contributed by atoms with Gasteiger partial charge in [-0.2, -0.15) is 0 Å². The molecular formula is C58H37N5. The minimum absolute atomic E-state index is 0.603. The molecule has 3 aromatic heterocycles. The molecule has 0 spiro atoms. The van der Waals surface area contributed by atoms with Gasteiger partial charge in [0.15, 0.2) is 17.5 Å². The van der Waals surface area contributed by atoms with E-state index < -0.39 is 0 Å². The molecule has 5 heteroatoms. The van der Waals surface area contributed by atoms with E-state index in [0.717, 1.165) is 72.1 Å². The summed E-state index contributed by atoms with van der Waals surface area (Å²) >= 11 is 0. The van der Waals surface area contributed by atoms with Gasteiger partial charge in [0, 0.05) is 54.9 Å². The van der Waals surface area contributed by atoms with Gasteiger partial charge in [-0.25, -0.2) is 19.9 Å². The Kier molecular flexibility index (Phi) is 8.75. The Hall–Kier alpha value is -8.54. The third-order valence-electron chi connectivity index (χ3n) is 12.0. The van der Waals surface area contributed by atoms with Crippen LogP contribution in [0, 0.1) is 0 Å². The first-order chi connectivity index (χ1) is 31.2. The van der Waals surface area contributed by atoms with Crippen LogP contribution in [0.4, 0.5) is 0 Å². The van der Waals surface area contributed by atoms with Crippen molar-refractivity contribution < 1.29 is 0 Å². The molecular weight excluding hydrogens is 767 g/mol. The maximum atomic E-state index is 5.39. The first-order valence-electron chi connectivity index (χ1n) is 21.2. The molecule has 12 aromatic rings. The van der Waals surface area contributed by atoms with Crippen molar-refractivity contribution in [1.29, 1.82) is 0 Å². The molecule has 0 amide bonds. The topological polar surface area (TPSA) is 56.5 Å². The SMILES string of the molecule is c1ccc(-c2nc(-c3cccc(-c4ccc5c(c4)nc(-c4ccccc4)c4cccc(-c6ccccc6)c45)c3)nc(-c3cccc(-n4c5ccccc5c5ccccc54)c3)n2)cc1. The average Bonchev–Trinajstić information content (AvgIpc) is 3.71. The highest BCUT2D eigenvalue weighted by Gasteiger charge is 2.18. The molecule has 294 valence electrons. The molecule has 0 radical (unpaired) electrons. The van der Waals surface area contributed by atoms with Crippen molar-refractivity contribution in [3.8, 4) is 73.4 Å². The van der Waals surface area contributed by atoms with Crippen molar-refractivity contribution in [2.75, 3.05) is 0 Å². The van der Waals surface area contributed by atoms with E-state index in [9.17, 15) is 0 Å². The molecule has 3 heterocycles. The summed E-state index contributed by atoms with van der Waals surface area (Å²) in [7, 11) is 0. The first kappa shape index (κ1) is 36.3. The van der Waals surface area contributed by atoms with Gasteiger partial charge < -0.3 is 4.57 Å². The molecule has 0 aliphatic carbocycles. The zero-order valence-electron chi connectivity index (χ0n) is 34.1. The van der Waals surface area contributed by atoms with Gasteiger partial charge >= 0.3 is 0 Å². The van der Waals surface area contributed by atoms with Crippen molar-refractivity contribution in [2.24, 2.45) is 0 Å². The number of aromatic nitrogens is 5. The zero-order valence-corrected chi connectivity index (χ0v) is 34.1. The van der Waals surface area contributed by atoms with Crippen LogP contribution in [0.2, 0.25) is 0 Å². The standard InChI is InChI=1S/C58H37N5/c1-4-17-38(18-5-1)46-29-16-30-50-54(46)49-34-33-42(37-51(49)59-55(50)39-19-6-2-7-20-39)41-23-14-24-43(35-41)57-60-56(40-21-8-3-9-22-40)61-58(62-57)44-25-15-26-45(36-44)63-52-31-12-10-27-47(52)48-28-11-13-32-53(48)63/h1-37H. The molecule has 0 fully saturated rings. The molecule has 0 N–H and O–H groups in total. The lowest BCUT2D eigenvalue weighted by Gasteiger charge is -2.15. The number of nitrogens with zero attached hydrogens (tertiary/aromatic N) is 5. The summed E-state index contributed by atoms with van der Waals surface area (Å²) in [4.78, 5) is 20.8. The predicted molar refractivity (Wildman–Crippen MR) is 260 cm³/mol. The second-order valence-electron chi connectivity index (χ2n) is 15.8. The van der Waals surface area contributed by atoms with Crippen LogP contribution in [0.5, 0.6) is 0 Å². The Morgan fingerprint density at radius 1 is 0.286 bits per heavy atom. The molecule has 0 saturated carbocycles. The third-order valence-corrected chi connectivity index (χ3v) is 12.0. The fraction of sp³-hybridized carbons (Fsp3) is 0. The van der Waals surface area contributed by atoms with Crippen LogP contribution in [-0.4, -0.2) is 24.5 Å². The molecule has 0 aliphatic heterocycles. The molecule has 0 unspecified atom stereocenters. The molecule has 63 heavy (non-hydrogen) atoms. The van der Waals surface area contributed by atoms with Crippen LogP contribution >= 0.6 is 0 Å². The van der Waals surface area contributed by atoms with E-state index in [0.29, 0.717) is 17.5 Å². The Morgan fingerprint density at radius 2 is 0.778 bits per heavy atom. The summed E-state index contributed by atoms with van der Waals surface area (Å²) in [5, 5.41) is 5.88. The fourth-order valence-corrected chi connectivity index (χ4v) is 9.08. The summed E-state index contributed by atoms with van der Waals surface area (Å²) in [6.45, 7) is 0. The molecule has 0 bridgehead atoms. The highest BCUT2D eigenvalue weighted by molar-refractivity contribution is 6.17. The van der Waals surface area contributed by atoms with Crippen LogP contribution in [0.15, 0.2) is 224 Å². The number of hydrogen-bond donors (Lipinski definition) is 0. The van der Waals surface area contributed by atoms with Crippen molar-refractivity contribution >= 4 is 43.5 Å². The van der Waals surface area contributed by atoms with Crippen molar-refractivity contribution in [2.45, 2.75) is 0 Å². The Bertz CT molecular complexity index is 3620. The van der Waals surface area contributed by atoms with Gasteiger partial charge in [0.05, 0.1) is 22.2 Å². The number of benzene rings is 9. The lowest BCUT2D eigenvalue weighted by Crippen LogP contribution is -2.01. The Labute approximate surface area is 364 Å². The zero-order chi connectivity index (χ0) is 41.7. The summed E-state index contributed by atoms with van der Waals surface area (Å²) in [5.74, 6) is 1.83. The molecule has 0 atom stereocenters. The first-order valence-corrected chi connectivity index (χ1v) is 21.2. The van der Waals surface area contributed by atoms with E-state index in [1.54, 1.807) is 0 Å². The van der Waals surface area contributed by atoms with Gasteiger partial charge in [0.25, 0.3) is 0 Å². The number of rotatable bonds is 7. The average molecular weight is 804 g/mol. The van der Waals surface area contributed by atoms with Gasteiger partial charge in [-0.1, -0.05) is 188 Å². The van der Waals surface area contributed by atoms with Gasteiger partial charge in [0.1, 0.15) is 0 Å². The number of para-hydroxylation sites is 2. The van der Waals surface area contributed by atoms with E-state index in [-0.39, 0.29) is 0 Å². The van der Waals surface area contributed by atoms with Gasteiger partial charge in [0.2, 0.25) is 0 Å². The second-order valence-corrected chi connectivity index (χ2v) is 15.8. The predicted octanol–water partition coefficient (Wildman–Crippen LogP) is 14.7. The third kappa shape index (κ3) is 6.42. The van der Waals surface area contributed by atoms with E-state index >= 15 is 0 Å². The van der Waals surface area contributed by atoms with E-state index in [1.807, 2.05) is 30.3 Å². The van der Waals surface area contributed by atoms with Crippen molar-refractivity contribution in [1.82, 2.24) is 24.5 Å². The number of fused-ring (bicyclic) bond motifs is 6. The van der Waals surface area contributed by atoms with Crippen LogP contribution in [0.3, 0.4) is 0 Å². The smallest absolute Gasteiger partial charge is 0.164 e. The normalized spacial score (nSPS) is 11.5. The summed E-state index contributed by atoms with van der Waals surface area (Å²) < 4.78 is 2.32. The minimum Gasteiger partial charge on any atom is -0.309 e. The second kappa shape index (κ2) is 15.2. The number of pyridine rings is 1. The van der Waals surface area contributed by atoms with Crippen LogP contribution < -0.4 is 0 Å². The van der Waals surface area contributed by atoms with Crippen LogP contribution in [0.1, 0.15) is 0 Å². The van der Waals surface area contributed by atoms with E-state index in [4.69, 9.17) is 19.9 Å². The summed E-state index contributed by atoms with van der Waals surface area (Å²) in [5.41, 5.74) is 13.5. The van der Waals surface area contributed by atoms with E-state index in [1.165, 1.54) is 27.3 Å². The summed E-state index contributed by atoms with van der Waals surface area (Å²) in [6, 6.07) is 78.6. The maximum absolute atomic E-state index is 5.39. The largest absolute Gasteiger partial charge is 0.309 e. The van der Waals surface area contributed by atoms with E-state index in [2.05, 4.69) is 199 Å². The van der Waals surface area contributed by atoms with Crippen molar-refractivity contribution in [3.63, 3.8) is 0 Å². The molecule has 9 aromatic carbocycles. The lowest BCUT2D eigenvalue weighted by atomic mass is 9.92. The van der Waals surface area contributed by atoms with Crippen LogP contribution in [0.25, 0.3) is 117 Å². The molecule has 5 nitrogen and oxygen atoms in total. The minimum atomic E-state index is 0.603. The molecule has 0 saturated heterocycles. The Balaban J connectivity index is 0.998. The summed E-state index contributed by atoms with van der Waals surface area (Å²) in [6.07, 6.45) is 0. The molecule has 0 aliphatic rings. The Morgan fingerprint density at radius 3 is 1.46 bits per heavy atom. The number of hydrogen-bond acceptors (Lipinski definition) is 4.